The van der Waals surface area contributed by atoms with E-state index < -0.39 is 13.4 Å². The van der Waals surface area contributed by atoms with Gasteiger partial charge in [-0.1, -0.05) is 30.3 Å². The summed E-state index contributed by atoms with van der Waals surface area (Å²) in [6, 6.07) is 7.53. The van der Waals surface area contributed by atoms with Crippen LogP contribution in [-0.2, 0) is 4.57 Å². The minimum Gasteiger partial charge on any atom is -0.809 e. The van der Waals surface area contributed by atoms with Gasteiger partial charge in [0, 0.05) is 0 Å². The second-order valence-electron chi connectivity index (χ2n) is 2.32. The number of hydrogen-bond donors (Lipinski definition) is 1. The van der Waals surface area contributed by atoms with Gasteiger partial charge in [0.2, 0.25) is 0 Å². The Balaban J connectivity index is 0.00000144. The van der Waals surface area contributed by atoms with Crippen LogP contribution in [0.1, 0.15) is 11.4 Å². The van der Waals surface area contributed by atoms with E-state index in [1.54, 1.807) is 18.2 Å². The third-order valence-corrected chi connectivity index (χ3v) is 2.29. The van der Waals surface area contributed by atoms with Gasteiger partial charge in [-0.3, -0.25) is 0 Å². The number of aliphatic hydroxyl groups excluding tert-OH is 1. The number of hydrogen-bond acceptors (Lipinski definition) is 4. The molecule has 0 aliphatic rings. The van der Waals surface area contributed by atoms with Crippen molar-refractivity contribution in [2.24, 2.45) is 0 Å². The minimum atomic E-state index is -4.92. The zero-order chi connectivity index (χ0) is 9.19. The molecule has 0 saturated heterocycles. The molecule has 1 N–H and O–H groups in total. The number of aliphatic hydroxyl groups is 1. The van der Waals surface area contributed by atoms with Crippen LogP contribution in [0.4, 0.5) is 0 Å². The maximum atomic E-state index is 10.4. The summed E-state index contributed by atoms with van der Waals surface area (Å²) >= 11 is 0. The van der Waals surface area contributed by atoms with Crippen molar-refractivity contribution in [3.8, 4) is 0 Å². The molecule has 0 bridgehead atoms. The molecule has 0 saturated carbocycles. The van der Waals surface area contributed by atoms with Gasteiger partial charge < -0.3 is 19.5 Å². The molecule has 13 heavy (non-hydrogen) atoms. The maximum Gasteiger partial charge on any atom is 2.00 e. The summed E-state index contributed by atoms with van der Waals surface area (Å²) in [5.41, 5.74) is 0.103. The van der Waals surface area contributed by atoms with Crippen LogP contribution in [0.3, 0.4) is 0 Å². The predicted octanol–water partition coefficient (Wildman–Crippen LogP) is -0.790. The summed E-state index contributed by atoms with van der Waals surface area (Å²) in [6.07, 6.45) is 0. The summed E-state index contributed by atoms with van der Waals surface area (Å²) in [5.74, 6) is -1.93. The first-order chi connectivity index (χ1) is 5.52. The van der Waals surface area contributed by atoms with Gasteiger partial charge in [0.1, 0.15) is 5.85 Å². The molecule has 1 atom stereocenters. The van der Waals surface area contributed by atoms with Gasteiger partial charge in [-0.15, -0.1) is 0 Å². The van der Waals surface area contributed by atoms with Gasteiger partial charge in [0.25, 0.3) is 0 Å². The fourth-order valence-electron chi connectivity index (χ4n) is 0.808. The number of benzene rings is 1. The molecule has 1 rings (SSSR count). The molecule has 0 amide bonds. The molecule has 0 aromatic heterocycles. The van der Waals surface area contributed by atoms with Crippen molar-refractivity contribution in [3.63, 3.8) is 0 Å². The molecule has 66 valence electrons. The fourth-order valence-corrected chi connectivity index (χ4v) is 1.35. The van der Waals surface area contributed by atoms with Gasteiger partial charge in [0.05, 0.1) is 0 Å². The zero-order valence-corrected chi connectivity index (χ0v) is 9.89. The molecule has 0 fully saturated rings. The maximum absolute atomic E-state index is 10.4. The van der Waals surface area contributed by atoms with E-state index in [9.17, 15) is 14.4 Å². The third-order valence-electron chi connectivity index (χ3n) is 1.40. The van der Waals surface area contributed by atoms with Crippen LogP contribution in [-0.4, -0.2) is 42.8 Å². The Bertz CT molecular complexity index is 297. The third kappa shape index (κ3) is 4.09. The van der Waals surface area contributed by atoms with Crippen LogP contribution in [0.25, 0.3) is 0 Å². The van der Waals surface area contributed by atoms with Crippen molar-refractivity contribution in [1.82, 2.24) is 0 Å². The molecular formula is C7H7CaO4P. The summed E-state index contributed by atoms with van der Waals surface area (Å²) in [5, 5.41) is 8.97. The normalized spacial score (nSPS) is 13.2. The summed E-state index contributed by atoms with van der Waals surface area (Å²) in [4.78, 5) is 20.7. The first-order valence-corrected chi connectivity index (χ1v) is 4.88. The Morgan fingerprint density at radius 3 is 2.08 bits per heavy atom. The standard InChI is InChI=1S/C7H9O4P.Ca/c8-7(12(9,10)11)6-4-2-1-3-5-6;/h1-5,7-8H,(H2,9,10,11);/q;+2/p-2. The van der Waals surface area contributed by atoms with Gasteiger partial charge >= 0.3 is 37.7 Å². The molecular weight excluding hydrogens is 219 g/mol. The van der Waals surface area contributed by atoms with Crippen molar-refractivity contribution in [3.05, 3.63) is 35.9 Å². The molecule has 4 nitrogen and oxygen atoms in total. The Morgan fingerprint density at radius 1 is 1.23 bits per heavy atom. The Morgan fingerprint density at radius 2 is 1.69 bits per heavy atom. The van der Waals surface area contributed by atoms with E-state index in [0.29, 0.717) is 0 Å². The van der Waals surface area contributed by atoms with E-state index in [2.05, 4.69) is 0 Å². The summed E-state index contributed by atoms with van der Waals surface area (Å²) in [6.45, 7) is 0. The summed E-state index contributed by atoms with van der Waals surface area (Å²) < 4.78 is 10.4. The van der Waals surface area contributed by atoms with E-state index in [1.807, 2.05) is 0 Å². The van der Waals surface area contributed by atoms with Gasteiger partial charge in [0.15, 0.2) is 0 Å². The molecule has 6 heteroatoms. The van der Waals surface area contributed by atoms with E-state index in [1.165, 1.54) is 12.1 Å². The van der Waals surface area contributed by atoms with Crippen LogP contribution >= 0.6 is 7.60 Å². The predicted molar refractivity (Wildman–Crippen MR) is 44.8 cm³/mol. The van der Waals surface area contributed by atoms with E-state index >= 15 is 0 Å². The Hall–Kier alpha value is 0.590. The Kier molecular flexibility index (Phi) is 5.71. The molecule has 1 aromatic rings. The first kappa shape index (κ1) is 13.6. The first-order valence-electron chi connectivity index (χ1n) is 3.26. The van der Waals surface area contributed by atoms with Crippen molar-refractivity contribution in [2.75, 3.05) is 0 Å². The van der Waals surface area contributed by atoms with E-state index in [4.69, 9.17) is 5.11 Å². The molecule has 0 radical (unpaired) electrons. The van der Waals surface area contributed by atoms with E-state index in [0.717, 1.165) is 0 Å². The number of rotatable bonds is 2. The van der Waals surface area contributed by atoms with Crippen molar-refractivity contribution in [1.29, 1.82) is 0 Å². The monoisotopic (exact) mass is 226 g/mol. The molecule has 0 aliphatic carbocycles. The van der Waals surface area contributed by atoms with E-state index in [-0.39, 0.29) is 43.3 Å². The van der Waals surface area contributed by atoms with Crippen LogP contribution in [0.5, 0.6) is 0 Å². The van der Waals surface area contributed by atoms with Crippen molar-refractivity contribution >= 4 is 45.3 Å². The van der Waals surface area contributed by atoms with Crippen LogP contribution < -0.4 is 9.79 Å². The fraction of sp³-hybridized carbons (Fsp3) is 0.143. The topological polar surface area (TPSA) is 83.4 Å². The quantitative estimate of drug-likeness (QED) is 0.529. The van der Waals surface area contributed by atoms with Gasteiger partial charge in [-0.25, -0.2) is 0 Å². The second kappa shape index (κ2) is 5.47. The van der Waals surface area contributed by atoms with Crippen LogP contribution in [0.2, 0.25) is 0 Å². The van der Waals surface area contributed by atoms with Crippen LogP contribution in [0.15, 0.2) is 30.3 Å². The Labute approximate surface area is 106 Å². The van der Waals surface area contributed by atoms with Gasteiger partial charge in [-0.2, -0.15) is 0 Å². The van der Waals surface area contributed by atoms with Crippen molar-refractivity contribution in [2.45, 2.75) is 5.85 Å². The van der Waals surface area contributed by atoms with Gasteiger partial charge in [-0.05, 0) is 13.2 Å². The zero-order valence-electron chi connectivity index (χ0n) is 6.79. The molecule has 0 heterocycles. The summed E-state index contributed by atoms with van der Waals surface area (Å²) in [7, 11) is -4.92. The average molecular weight is 226 g/mol. The largest absolute Gasteiger partial charge is 2.00 e. The average Bonchev–Trinajstić information content (AvgIpc) is 2.03. The molecule has 0 spiro atoms. The molecule has 1 aromatic carbocycles. The SMILES string of the molecule is O=P([O-])([O-])C(O)c1ccccc1.[Ca+2]. The van der Waals surface area contributed by atoms with Crippen molar-refractivity contribution < 1.29 is 19.5 Å². The second-order valence-corrected chi connectivity index (χ2v) is 3.89. The minimum absolute atomic E-state index is 0. The molecule has 1 unspecified atom stereocenters. The molecule has 0 aliphatic heterocycles. The smallest absolute Gasteiger partial charge is 0.809 e. The van der Waals surface area contributed by atoms with Crippen LogP contribution in [0, 0.1) is 0 Å².